The topological polar surface area (TPSA) is 88.5 Å². The van der Waals surface area contributed by atoms with Gasteiger partial charge in [0.15, 0.2) is 5.82 Å². The summed E-state index contributed by atoms with van der Waals surface area (Å²) in [5, 5.41) is 4.09. The van der Waals surface area contributed by atoms with E-state index in [2.05, 4.69) is 35.8 Å². The van der Waals surface area contributed by atoms with Crippen molar-refractivity contribution in [1.82, 2.24) is 19.9 Å². The Kier molecular flexibility index (Phi) is 5.43. The largest absolute Gasteiger partial charge is 0.340 e. The molecule has 0 radical (unpaired) electrons. The Bertz CT molecular complexity index is 587. The minimum atomic E-state index is -0.128. The van der Waals surface area contributed by atoms with E-state index >= 15 is 0 Å². The Morgan fingerprint density at radius 2 is 1.96 bits per heavy atom. The molecule has 1 saturated heterocycles. The van der Waals surface area contributed by atoms with E-state index in [4.69, 9.17) is 10.3 Å². The number of rotatable bonds is 4. The lowest BCUT2D eigenvalue weighted by Crippen LogP contribution is -2.50. The molecule has 25 heavy (non-hydrogen) atoms. The molecule has 0 unspecified atom stereocenters. The third kappa shape index (κ3) is 4.20. The van der Waals surface area contributed by atoms with Crippen LogP contribution in [0.15, 0.2) is 4.52 Å². The summed E-state index contributed by atoms with van der Waals surface area (Å²) in [6, 6.07) is 0. The van der Waals surface area contributed by atoms with E-state index in [1.54, 1.807) is 0 Å². The Hall–Kier alpha value is -1.47. The van der Waals surface area contributed by atoms with Gasteiger partial charge in [-0.3, -0.25) is 9.69 Å². The number of carbonyl (C=O) groups excluding carboxylic acids is 1. The molecular weight excluding hydrogens is 318 g/mol. The predicted molar refractivity (Wildman–Crippen MR) is 94.7 cm³/mol. The molecule has 1 saturated carbocycles. The Balaban J connectivity index is 1.50. The fraction of sp³-hybridized carbons (Fsp3) is 0.833. The lowest BCUT2D eigenvalue weighted by atomic mass is 9.94. The van der Waals surface area contributed by atoms with E-state index in [9.17, 15) is 4.79 Å². The number of hydrogen-bond acceptors (Lipinski definition) is 6. The van der Waals surface area contributed by atoms with E-state index in [-0.39, 0.29) is 11.3 Å². The summed E-state index contributed by atoms with van der Waals surface area (Å²) in [6.45, 7) is 10.7. The van der Waals surface area contributed by atoms with Crippen molar-refractivity contribution < 1.29 is 9.32 Å². The molecule has 3 rings (SSSR count). The summed E-state index contributed by atoms with van der Waals surface area (Å²) in [5.41, 5.74) is 5.70. The number of aromatic nitrogens is 2. The Morgan fingerprint density at radius 1 is 1.24 bits per heavy atom. The second-order valence-corrected chi connectivity index (χ2v) is 8.40. The van der Waals surface area contributed by atoms with Crippen molar-refractivity contribution >= 4 is 5.91 Å². The molecule has 1 aliphatic heterocycles. The van der Waals surface area contributed by atoms with Crippen molar-refractivity contribution in [3.63, 3.8) is 0 Å². The zero-order chi connectivity index (χ0) is 18.0. The summed E-state index contributed by atoms with van der Waals surface area (Å²) in [6.07, 6.45) is 3.23. The molecule has 2 atom stereocenters. The molecule has 0 aromatic carbocycles. The summed E-state index contributed by atoms with van der Waals surface area (Å²) < 4.78 is 5.36. The predicted octanol–water partition coefficient (Wildman–Crippen LogP) is 1.39. The maximum absolute atomic E-state index is 12.8. The molecular formula is C18H31N5O2. The maximum Gasteiger partial charge on any atom is 0.232 e. The van der Waals surface area contributed by atoms with Crippen LogP contribution < -0.4 is 5.73 Å². The minimum Gasteiger partial charge on any atom is -0.340 e. The van der Waals surface area contributed by atoms with E-state index in [0.29, 0.717) is 30.8 Å². The van der Waals surface area contributed by atoms with Crippen LogP contribution in [0.3, 0.4) is 0 Å². The van der Waals surface area contributed by atoms with Gasteiger partial charge in [-0.25, -0.2) is 0 Å². The first kappa shape index (κ1) is 18.3. The van der Waals surface area contributed by atoms with Crippen molar-refractivity contribution in [2.75, 3.05) is 32.7 Å². The average Bonchev–Trinajstić information content (AvgIpc) is 3.23. The molecule has 1 amide bonds. The SMILES string of the molecule is CC(C)(C)c1nc(CN2CCN(C(=O)[C@@H]3CCC[C@@H]3CN)CC2)no1. The molecule has 1 aliphatic carbocycles. The van der Waals surface area contributed by atoms with E-state index in [1.165, 1.54) is 0 Å². The maximum atomic E-state index is 12.8. The van der Waals surface area contributed by atoms with Gasteiger partial charge in [0.25, 0.3) is 0 Å². The molecule has 2 N–H and O–H groups in total. The first-order valence-electron chi connectivity index (χ1n) is 9.42. The van der Waals surface area contributed by atoms with Crippen LogP contribution in [0.4, 0.5) is 0 Å². The highest BCUT2D eigenvalue weighted by atomic mass is 16.5. The van der Waals surface area contributed by atoms with Crippen LogP contribution in [0.5, 0.6) is 0 Å². The average molecular weight is 349 g/mol. The smallest absolute Gasteiger partial charge is 0.232 e. The van der Waals surface area contributed by atoms with E-state index in [0.717, 1.165) is 51.3 Å². The zero-order valence-corrected chi connectivity index (χ0v) is 15.7. The molecule has 2 fully saturated rings. The molecule has 7 nitrogen and oxygen atoms in total. The number of nitrogens with two attached hydrogens (primary N) is 1. The normalized spacial score (nSPS) is 25.5. The van der Waals surface area contributed by atoms with Gasteiger partial charge < -0.3 is 15.2 Å². The molecule has 7 heteroatoms. The van der Waals surface area contributed by atoms with Crippen LogP contribution >= 0.6 is 0 Å². The molecule has 0 spiro atoms. The number of carbonyl (C=O) groups is 1. The van der Waals surface area contributed by atoms with Gasteiger partial charge in [-0.05, 0) is 25.3 Å². The van der Waals surface area contributed by atoms with Gasteiger partial charge in [0.2, 0.25) is 11.8 Å². The van der Waals surface area contributed by atoms with Crippen LogP contribution in [0.25, 0.3) is 0 Å². The quantitative estimate of drug-likeness (QED) is 0.883. The first-order valence-corrected chi connectivity index (χ1v) is 9.42. The molecule has 0 bridgehead atoms. The fourth-order valence-corrected chi connectivity index (χ4v) is 3.83. The van der Waals surface area contributed by atoms with E-state index in [1.807, 2.05) is 4.90 Å². The molecule has 1 aromatic rings. The highest BCUT2D eigenvalue weighted by Crippen LogP contribution is 2.32. The standard InChI is InChI=1S/C18H31N5O2/c1-18(2,3)17-20-15(21-25-17)12-22-7-9-23(10-8-22)16(24)14-6-4-5-13(14)11-19/h13-14H,4-12,19H2,1-3H3/t13-,14-/m1/s1. The van der Waals surface area contributed by atoms with Crippen molar-refractivity contribution in [3.05, 3.63) is 11.7 Å². The van der Waals surface area contributed by atoms with Gasteiger partial charge in [0.05, 0.1) is 6.54 Å². The van der Waals surface area contributed by atoms with Crippen LogP contribution in [-0.4, -0.2) is 58.6 Å². The zero-order valence-electron chi connectivity index (χ0n) is 15.7. The highest BCUT2D eigenvalue weighted by Gasteiger charge is 2.35. The number of hydrogen-bond donors (Lipinski definition) is 1. The third-order valence-corrected chi connectivity index (χ3v) is 5.44. The van der Waals surface area contributed by atoms with Crippen molar-refractivity contribution in [3.8, 4) is 0 Å². The Morgan fingerprint density at radius 3 is 2.56 bits per heavy atom. The monoisotopic (exact) mass is 349 g/mol. The van der Waals surface area contributed by atoms with E-state index < -0.39 is 0 Å². The summed E-state index contributed by atoms with van der Waals surface area (Å²) >= 11 is 0. The number of amides is 1. The van der Waals surface area contributed by atoms with Crippen molar-refractivity contribution in [2.45, 2.75) is 52.0 Å². The van der Waals surface area contributed by atoms with Gasteiger partial charge in [-0.1, -0.05) is 32.3 Å². The summed E-state index contributed by atoms with van der Waals surface area (Å²) in [7, 11) is 0. The molecule has 1 aromatic heterocycles. The van der Waals surface area contributed by atoms with Crippen molar-refractivity contribution in [1.29, 1.82) is 0 Å². The van der Waals surface area contributed by atoms with Crippen LogP contribution in [-0.2, 0) is 16.8 Å². The van der Waals surface area contributed by atoms with Crippen LogP contribution in [0, 0.1) is 11.8 Å². The second kappa shape index (κ2) is 7.41. The lowest BCUT2D eigenvalue weighted by Gasteiger charge is -2.36. The van der Waals surface area contributed by atoms with Gasteiger partial charge in [-0.2, -0.15) is 4.98 Å². The lowest BCUT2D eigenvalue weighted by molar-refractivity contribution is -0.138. The fourth-order valence-electron chi connectivity index (χ4n) is 3.83. The summed E-state index contributed by atoms with van der Waals surface area (Å²) in [5.74, 6) is 2.22. The van der Waals surface area contributed by atoms with Crippen molar-refractivity contribution in [2.24, 2.45) is 17.6 Å². The summed E-state index contributed by atoms with van der Waals surface area (Å²) in [4.78, 5) is 21.6. The number of piperazine rings is 1. The van der Waals surface area contributed by atoms with Gasteiger partial charge in [0, 0.05) is 37.5 Å². The van der Waals surface area contributed by atoms with Gasteiger partial charge in [-0.15, -0.1) is 0 Å². The highest BCUT2D eigenvalue weighted by molar-refractivity contribution is 5.79. The Labute approximate surface area is 149 Å². The molecule has 2 aliphatic rings. The van der Waals surface area contributed by atoms with Gasteiger partial charge >= 0.3 is 0 Å². The first-order chi connectivity index (χ1) is 11.9. The molecule has 140 valence electrons. The van der Waals surface area contributed by atoms with Crippen LogP contribution in [0.2, 0.25) is 0 Å². The minimum absolute atomic E-state index is 0.128. The van der Waals surface area contributed by atoms with Gasteiger partial charge in [0.1, 0.15) is 0 Å². The number of nitrogens with zero attached hydrogens (tertiary/aromatic N) is 4. The second-order valence-electron chi connectivity index (χ2n) is 8.40. The third-order valence-electron chi connectivity index (χ3n) is 5.44. The molecule has 2 heterocycles. The van der Waals surface area contributed by atoms with Crippen LogP contribution in [0.1, 0.15) is 51.7 Å².